The summed E-state index contributed by atoms with van der Waals surface area (Å²) in [7, 11) is 1.61. The van der Waals surface area contributed by atoms with Crippen LogP contribution in [0.5, 0.6) is 11.5 Å². The van der Waals surface area contributed by atoms with Crippen LogP contribution < -0.4 is 9.47 Å². The molecule has 0 spiro atoms. The number of rotatable bonds is 9. The standard InChI is InChI=1S/C30H28N2O2S/c1-21(2)15-22-9-12-25(13-10-22)27-20-35-30(32-27)26(18-31)16-24-11-14-28(29(17-24)33-3)34-19-23-7-5-4-6-8-23/h4-14,16-17,20-21H,15,19H2,1-3H3/b26-16+. The van der Waals surface area contributed by atoms with Crippen molar-refractivity contribution in [3.8, 4) is 28.8 Å². The van der Waals surface area contributed by atoms with Crippen molar-refractivity contribution in [1.82, 2.24) is 4.98 Å². The fourth-order valence-electron chi connectivity index (χ4n) is 3.75. The summed E-state index contributed by atoms with van der Waals surface area (Å²) in [5.74, 6) is 1.90. The lowest BCUT2D eigenvalue weighted by molar-refractivity contribution is 0.284. The number of hydrogen-bond acceptors (Lipinski definition) is 5. The van der Waals surface area contributed by atoms with Crippen LogP contribution >= 0.6 is 11.3 Å². The minimum absolute atomic E-state index is 0.455. The molecule has 0 unspecified atom stereocenters. The molecule has 35 heavy (non-hydrogen) atoms. The summed E-state index contributed by atoms with van der Waals surface area (Å²) in [5, 5.41) is 12.5. The molecule has 5 heteroatoms. The maximum absolute atomic E-state index is 9.82. The van der Waals surface area contributed by atoms with Gasteiger partial charge < -0.3 is 9.47 Å². The van der Waals surface area contributed by atoms with Crippen molar-refractivity contribution in [3.63, 3.8) is 0 Å². The highest BCUT2D eigenvalue weighted by molar-refractivity contribution is 7.11. The van der Waals surface area contributed by atoms with E-state index in [1.165, 1.54) is 16.9 Å². The Morgan fingerprint density at radius 3 is 2.46 bits per heavy atom. The van der Waals surface area contributed by atoms with Gasteiger partial charge in [-0.1, -0.05) is 74.5 Å². The third kappa shape index (κ3) is 6.38. The van der Waals surface area contributed by atoms with Crippen LogP contribution in [0.2, 0.25) is 0 Å². The smallest absolute Gasteiger partial charge is 0.161 e. The first-order valence-electron chi connectivity index (χ1n) is 11.6. The van der Waals surface area contributed by atoms with Gasteiger partial charge in [0.25, 0.3) is 0 Å². The van der Waals surface area contributed by atoms with Crippen molar-refractivity contribution in [2.45, 2.75) is 26.9 Å². The van der Waals surface area contributed by atoms with E-state index in [0.29, 0.717) is 34.6 Å². The number of methoxy groups -OCH3 is 1. The first kappa shape index (κ1) is 24.3. The molecule has 3 aromatic carbocycles. The van der Waals surface area contributed by atoms with E-state index in [1.54, 1.807) is 7.11 Å². The predicted octanol–water partition coefficient (Wildman–Crippen LogP) is 7.66. The van der Waals surface area contributed by atoms with Gasteiger partial charge in [0.1, 0.15) is 17.7 Å². The fourth-order valence-corrected chi connectivity index (χ4v) is 4.54. The van der Waals surface area contributed by atoms with Crippen molar-refractivity contribution in [3.05, 3.63) is 99.9 Å². The van der Waals surface area contributed by atoms with E-state index in [4.69, 9.17) is 14.5 Å². The highest BCUT2D eigenvalue weighted by atomic mass is 32.1. The quantitative estimate of drug-likeness (QED) is 0.231. The largest absolute Gasteiger partial charge is 0.493 e. The van der Waals surface area contributed by atoms with Crippen LogP contribution in [0.15, 0.2) is 78.2 Å². The number of allylic oxidation sites excluding steroid dienone is 1. The summed E-state index contributed by atoms with van der Waals surface area (Å²) < 4.78 is 11.5. The van der Waals surface area contributed by atoms with E-state index in [0.717, 1.165) is 28.8 Å². The van der Waals surface area contributed by atoms with Crippen molar-refractivity contribution in [2.75, 3.05) is 7.11 Å². The Labute approximate surface area is 211 Å². The number of ether oxygens (including phenoxy) is 2. The average Bonchev–Trinajstić information content (AvgIpc) is 3.37. The Morgan fingerprint density at radius 1 is 1.00 bits per heavy atom. The number of hydrogen-bond donors (Lipinski definition) is 0. The van der Waals surface area contributed by atoms with Crippen molar-refractivity contribution < 1.29 is 9.47 Å². The van der Waals surface area contributed by atoms with E-state index in [1.807, 2.05) is 60.0 Å². The van der Waals surface area contributed by atoms with Crippen molar-refractivity contribution in [2.24, 2.45) is 5.92 Å². The van der Waals surface area contributed by atoms with Gasteiger partial charge in [-0.3, -0.25) is 0 Å². The molecule has 4 nitrogen and oxygen atoms in total. The second kappa shape index (κ2) is 11.5. The molecule has 0 aliphatic carbocycles. The summed E-state index contributed by atoms with van der Waals surface area (Å²) in [5.41, 5.74) is 5.70. The van der Waals surface area contributed by atoms with Gasteiger partial charge in [0.15, 0.2) is 11.5 Å². The minimum atomic E-state index is 0.455. The molecule has 4 aromatic rings. The molecule has 0 atom stereocenters. The number of aromatic nitrogens is 1. The molecular weight excluding hydrogens is 452 g/mol. The predicted molar refractivity (Wildman–Crippen MR) is 143 cm³/mol. The molecule has 0 radical (unpaired) electrons. The van der Waals surface area contributed by atoms with Gasteiger partial charge in [-0.05, 0) is 47.2 Å². The van der Waals surface area contributed by atoms with Crippen LogP contribution in [0, 0.1) is 17.2 Å². The van der Waals surface area contributed by atoms with Gasteiger partial charge in [0, 0.05) is 10.9 Å². The topological polar surface area (TPSA) is 55.1 Å². The third-order valence-electron chi connectivity index (χ3n) is 5.48. The lowest BCUT2D eigenvalue weighted by Gasteiger charge is -2.11. The Kier molecular flexibility index (Phi) is 7.97. The summed E-state index contributed by atoms with van der Waals surface area (Å²) in [6.45, 7) is 4.89. The Bertz CT molecular complexity index is 1330. The van der Waals surface area contributed by atoms with Crippen LogP contribution in [0.4, 0.5) is 0 Å². The second-order valence-corrected chi connectivity index (χ2v) is 9.55. The van der Waals surface area contributed by atoms with Crippen molar-refractivity contribution in [1.29, 1.82) is 5.26 Å². The van der Waals surface area contributed by atoms with Gasteiger partial charge in [-0.2, -0.15) is 5.26 Å². The molecule has 1 aromatic heterocycles. The highest BCUT2D eigenvalue weighted by Crippen LogP contribution is 2.32. The molecule has 0 bridgehead atoms. The molecule has 0 saturated heterocycles. The van der Waals surface area contributed by atoms with Gasteiger partial charge >= 0.3 is 0 Å². The van der Waals surface area contributed by atoms with Crippen LogP contribution in [0.1, 0.15) is 35.5 Å². The Balaban J connectivity index is 1.51. The monoisotopic (exact) mass is 480 g/mol. The van der Waals surface area contributed by atoms with Crippen LogP contribution in [-0.2, 0) is 13.0 Å². The molecule has 0 aliphatic heterocycles. The second-order valence-electron chi connectivity index (χ2n) is 8.69. The molecule has 0 aliphatic rings. The fraction of sp³-hybridized carbons (Fsp3) is 0.200. The number of thiazole rings is 1. The Morgan fingerprint density at radius 2 is 1.77 bits per heavy atom. The first-order valence-corrected chi connectivity index (χ1v) is 12.5. The zero-order valence-electron chi connectivity index (χ0n) is 20.2. The molecule has 0 saturated carbocycles. The highest BCUT2D eigenvalue weighted by Gasteiger charge is 2.11. The maximum atomic E-state index is 9.82. The Hall–Kier alpha value is -3.88. The van der Waals surface area contributed by atoms with E-state index in [-0.39, 0.29) is 0 Å². The van der Waals surface area contributed by atoms with E-state index in [2.05, 4.69) is 44.2 Å². The van der Waals surface area contributed by atoms with Gasteiger partial charge in [0.05, 0.1) is 18.4 Å². The number of nitriles is 1. The zero-order valence-corrected chi connectivity index (χ0v) is 21.0. The van der Waals surface area contributed by atoms with E-state index < -0.39 is 0 Å². The van der Waals surface area contributed by atoms with Gasteiger partial charge in [0.2, 0.25) is 0 Å². The van der Waals surface area contributed by atoms with Crippen LogP contribution in [0.25, 0.3) is 22.9 Å². The molecular formula is C30H28N2O2S. The van der Waals surface area contributed by atoms with Crippen molar-refractivity contribution >= 4 is 23.0 Å². The van der Waals surface area contributed by atoms with E-state index >= 15 is 0 Å². The summed E-state index contributed by atoms with van der Waals surface area (Å²) in [6, 6.07) is 26.5. The maximum Gasteiger partial charge on any atom is 0.161 e. The zero-order chi connectivity index (χ0) is 24.6. The SMILES string of the molecule is COc1cc(/C=C(\C#N)c2nc(-c3ccc(CC(C)C)cc3)cs2)ccc1OCc1ccccc1. The molecule has 4 rings (SSSR count). The van der Waals surface area contributed by atoms with Gasteiger partial charge in [-0.15, -0.1) is 11.3 Å². The van der Waals surface area contributed by atoms with E-state index in [9.17, 15) is 5.26 Å². The minimum Gasteiger partial charge on any atom is -0.493 e. The third-order valence-corrected chi connectivity index (χ3v) is 6.36. The molecule has 176 valence electrons. The number of nitrogens with zero attached hydrogens (tertiary/aromatic N) is 2. The van der Waals surface area contributed by atoms with Gasteiger partial charge in [-0.25, -0.2) is 4.98 Å². The lowest BCUT2D eigenvalue weighted by Crippen LogP contribution is -1.97. The number of benzene rings is 3. The molecule has 1 heterocycles. The summed E-state index contributed by atoms with van der Waals surface area (Å²) >= 11 is 1.47. The first-order chi connectivity index (χ1) is 17.1. The lowest BCUT2D eigenvalue weighted by atomic mass is 10.0. The summed E-state index contributed by atoms with van der Waals surface area (Å²) in [4.78, 5) is 4.73. The molecule has 0 fully saturated rings. The molecule has 0 amide bonds. The van der Waals surface area contributed by atoms with Crippen LogP contribution in [-0.4, -0.2) is 12.1 Å². The van der Waals surface area contributed by atoms with Crippen LogP contribution in [0.3, 0.4) is 0 Å². The average molecular weight is 481 g/mol. The molecule has 0 N–H and O–H groups in total. The summed E-state index contributed by atoms with van der Waals surface area (Å²) in [6.07, 6.45) is 2.89. The normalized spacial score (nSPS) is 11.3.